The smallest absolute Gasteiger partial charge is 0.0216 e. The molecule has 0 aliphatic rings. The second kappa shape index (κ2) is 6.73. The highest BCUT2D eigenvalue weighted by atomic mass is 14.2. The van der Waals surface area contributed by atoms with Crippen LogP contribution in [0.4, 0.5) is 0 Å². The van der Waals surface area contributed by atoms with E-state index in [1.165, 1.54) is 17.5 Å². The molecule has 0 N–H and O–H groups in total. The summed E-state index contributed by atoms with van der Waals surface area (Å²) in [6, 6.07) is 8.81. The molecule has 0 nitrogen and oxygen atoms in total. The maximum atomic E-state index is 2.30. The van der Waals surface area contributed by atoms with Crippen LogP contribution in [0.15, 0.2) is 24.3 Å². The molecule has 0 amide bonds. The maximum absolute atomic E-state index is 2.30. The van der Waals surface area contributed by atoms with Crippen LogP contribution < -0.4 is 0 Å². The molecule has 16 heavy (non-hydrogen) atoms. The molecule has 0 heteroatoms. The Balaban J connectivity index is 0.00000106. The lowest BCUT2D eigenvalue weighted by atomic mass is 9.84. The van der Waals surface area contributed by atoms with Gasteiger partial charge in [0.25, 0.3) is 0 Å². The van der Waals surface area contributed by atoms with E-state index in [2.05, 4.69) is 58.9 Å². The summed E-state index contributed by atoms with van der Waals surface area (Å²) in [7, 11) is 0. The fraction of sp³-hybridized carbons (Fsp3) is 0.625. The zero-order chi connectivity index (χ0) is 12.8. The second-order valence-electron chi connectivity index (χ2n) is 5.59. The van der Waals surface area contributed by atoms with Crippen molar-refractivity contribution in [1.29, 1.82) is 0 Å². The zero-order valence-corrected chi connectivity index (χ0v) is 12.1. The molecule has 92 valence electrons. The molecule has 0 bridgehead atoms. The topological polar surface area (TPSA) is 0 Å². The second-order valence-corrected chi connectivity index (χ2v) is 5.59. The minimum atomic E-state index is 0.380. The van der Waals surface area contributed by atoms with Crippen LogP contribution >= 0.6 is 0 Å². The fourth-order valence-corrected chi connectivity index (χ4v) is 1.83. The summed E-state index contributed by atoms with van der Waals surface area (Å²) in [5, 5.41) is 0. The summed E-state index contributed by atoms with van der Waals surface area (Å²) in [5.41, 5.74) is 3.39. The van der Waals surface area contributed by atoms with Gasteiger partial charge in [0.15, 0.2) is 0 Å². The van der Waals surface area contributed by atoms with Crippen LogP contribution in [0.1, 0.15) is 65.5 Å². The number of benzene rings is 1. The highest BCUT2D eigenvalue weighted by molar-refractivity contribution is 5.30. The molecule has 0 aliphatic heterocycles. The van der Waals surface area contributed by atoms with Gasteiger partial charge in [-0.3, -0.25) is 0 Å². The van der Waals surface area contributed by atoms with Gasteiger partial charge in [-0.2, -0.15) is 0 Å². The molecular formula is C16H28. The SMILES string of the molecule is CC.CC(C)c1ccccc1CC(C)(C)C. The first-order valence-corrected chi connectivity index (χ1v) is 6.48. The lowest BCUT2D eigenvalue weighted by Crippen LogP contribution is -2.11. The van der Waals surface area contributed by atoms with Crippen molar-refractivity contribution < 1.29 is 0 Å². The molecule has 0 aliphatic carbocycles. The van der Waals surface area contributed by atoms with E-state index in [-0.39, 0.29) is 0 Å². The first-order chi connectivity index (χ1) is 7.40. The summed E-state index contributed by atoms with van der Waals surface area (Å²) in [6.07, 6.45) is 1.17. The van der Waals surface area contributed by atoms with Gasteiger partial charge < -0.3 is 0 Å². The van der Waals surface area contributed by atoms with Crippen LogP contribution in [-0.4, -0.2) is 0 Å². The zero-order valence-electron chi connectivity index (χ0n) is 12.1. The van der Waals surface area contributed by atoms with Gasteiger partial charge in [0.2, 0.25) is 0 Å². The third-order valence-electron chi connectivity index (χ3n) is 2.40. The predicted octanol–water partition coefficient (Wildman–Crippen LogP) is 5.42. The van der Waals surface area contributed by atoms with Gasteiger partial charge in [0, 0.05) is 0 Å². The highest BCUT2D eigenvalue weighted by Crippen LogP contribution is 2.26. The van der Waals surface area contributed by atoms with Crippen molar-refractivity contribution in [2.75, 3.05) is 0 Å². The van der Waals surface area contributed by atoms with E-state index >= 15 is 0 Å². The third kappa shape index (κ3) is 5.34. The molecule has 1 rings (SSSR count). The molecule has 0 atom stereocenters. The van der Waals surface area contributed by atoms with Crippen molar-refractivity contribution in [1.82, 2.24) is 0 Å². The lowest BCUT2D eigenvalue weighted by molar-refractivity contribution is 0.409. The molecule has 0 aromatic heterocycles. The van der Waals surface area contributed by atoms with Crippen LogP contribution in [0, 0.1) is 5.41 Å². The van der Waals surface area contributed by atoms with Crippen LogP contribution in [0.3, 0.4) is 0 Å². The molecule has 0 saturated heterocycles. The van der Waals surface area contributed by atoms with E-state index in [0.717, 1.165) is 0 Å². The van der Waals surface area contributed by atoms with Crippen molar-refractivity contribution in [2.24, 2.45) is 5.41 Å². The summed E-state index contributed by atoms with van der Waals surface area (Å²) in [6.45, 7) is 15.4. The largest absolute Gasteiger partial charge is 0.0683 e. The molecule has 1 aromatic carbocycles. The van der Waals surface area contributed by atoms with Gasteiger partial charge in [-0.1, -0.05) is 72.7 Å². The number of hydrogen-bond donors (Lipinski definition) is 0. The minimum Gasteiger partial charge on any atom is -0.0683 e. The Kier molecular flexibility index (Phi) is 6.40. The highest BCUT2D eigenvalue weighted by Gasteiger charge is 2.14. The maximum Gasteiger partial charge on any atom is -0.0216 e. The van der Waals surface area contributed by atoms with Crippen LogP contribution in [0.25, 0.3) is 0 Å². The third-order valence-corrected chi connectivity index (χ3v) is 2.40. The monoisotopic (exact) mass is 220 g/mol. The number of rotatable bonds is 2. The summed E-state index contributed by atoms with van der Waals surface area (Å²) >= 11 is 0. The van der Waals surface area contributed by atoms with E-state index in [0.29, 0.717) is 11.3 Å². The molecule has 0 fully saturated rings. The van der Waals surface area contributed by atoms with E-state index in [1.807, 2.05) is 13.8 Å². The lowest BCUT2D eigenvalue weighted by Gasteiger charge is -2.21. The van der Waals surface area contributed by atoms with Gasteiger partial charge in [-0.05, 0) is 28.9 Å². The van der Waals surface area contributed by atoms with Crippen LogP contribution in [-0.2, 0) is 6.42 Å². The van der Waals surface area contributed by atoms with Gasteiger partial charge in [-0.25, -0.2) is 0 Å². The van der Waals surface area contributed by atoms with Gasteiger partial charge in [0.1, 0.15) is 0 Å². The summed E-state index contributed by atoms with van der Waals surface area (Å²) in [4.78, 5) is 0. The normalized spacial score (nSPS) is 11.0. The van der Waals surface area contributed by atoms with E-state index in [1.54, 1.807) is 0 Å². The Morgan fingerprint density at radius 3 is 1.94 bits per heavy atom. The Morgan fingerprint density at radius 1 is 1.00 bits per heavy atom. The predicted molar refractivity (Wildman–Crippen MR) is 75.0 cm³/mol. The Labute approximate surface area is 102 Å². The minimum absolute atomic E-state index is 0.380. The van der Waals surface area contributed by atoms with Crippen molar-refractivity contribution in [2.45, 2.75) is 60.8 Å². The molecule has 1 aromatic rings. The van der Waals surface area contributed by atoms with Crippen molar-refractivity contribution >= 4 is 0 Å². The van der Waals surface area contributed by atoms with E-state index in [4.69, 9.17) is 0 Å². The van der Waals surface area contributed by atoms with E-state index in [9.17, 15) is 0 Å². The Bertz CT molecular complexity index is 289. The van der Waals surface area contributed by atoms with Crippen molar-refractivity contribution in [3.63, 3.8) is 0 Å². The molecule has 0 saturated carbocycles. The first-order valence-electron chi connectivity index (χ1n) is 6.48. The number of hydrogen-bond acceptors (Lipinski definition) is 0. The Morgan fingerprint density at radius 2 is 1.50 bits per heavy atom. The summed E-state index contributed by atoms with van der Waals surface area (Å²) in [5.74, 6) is 0.633. The molecule has 0 heterocycles. The van der Waals surface area contributed by atoms with Crippen molar-refractivity contribution in [3.8, 4) is 0 Å². The average molecular weight is 220 g/mol. The molecule has 0 spiro atoms. The fourth-order valence-electron chi connectivity index (χ4n) is 1.83. The van der Waals surface area contributed by atoms with Crippen LogP contribution in [0.2, 0.25) is 0 Å². The van der Waals surface area contributed by atoms with Crippen molar-refractivity contribution in [3.05, 3.63) is 35.4 Å². The molecular weight excluding hydrogens is 192 g/mol. The quantitative estimate of drug-likeness (QED) is 0.624. The Hall–Kier alpha value is -0.780. The van der Waals surface area contributed by atoms with Gasteiger partial charge in [0.05, 0.1) is 0 Å². The van der Waals surface area contributed by atoms with Gasteiger partial charge >= 0.3 is 0 Å². The molecule has 0 unspecified atom stereocenters. The first kappa shape index (κ1) is 15.2. The van der Waals surface area contributed by atoms with Crippen LogP contribution in [0.5, 0.6) is 0 Å². The van der Waals surface area contributed by atoms with E-state index < -0.39 is 0 Å². The average Bonchev–Trinajstić information content (AvgIpc) is 2.19. The summed E-state index contributed by atoms with van der Waals surface area (Å²) < 4.78 is 0. The molecule has 0 radical (unpaired) electrons. The van der Waals surface area contributed by atoms with Gasteiger partial charge in [-0.15, -0.1) is 0 Å². The standard InChI is InChI=1S/C14H22.C2H6/c1-11(2)13-9-7-6-8-12(13)10-14(3,4)5;1-2/h6-9,11H,10H2,1-5H3;1-2H3.